The molecule has 1 aliphatic rings. The molecule has 0 aromatic rings. The van der Waals surface area contributed by atoms with Crippen molar-refractivity contribution >= 4 is 5.78 Å². The quantitative estimate of drug-likeness (QED) is 0.663. The molecular weight excluding hydrogens is 198 g/mol. The van der Waals surface area contributed by atoms with Crippen LogP contribution in [0, 0.1) is 5.92 Å². The molecule has 0 heterocycles. The van der Waals surface area contributed by atoms with Gasteiger partial charge in [-0.3, -0.25) is 9.69 Å². The van der Waals surface area contributed by atoms with Crippen LogP contribution in [0.25, 0.3) is 0 Å². The van der Waals surface area contributed by atoms with E-state index in [1.54, 1.807) is 0 Å². The van der Waals surface area contributed by atoms with Crippen molar-refractivity contribution < 1.29 is 4.79 Å². The molecule has 0 bridgehead atoms. The standard InChI is InChI=1S/C14H27NO/c1-3-5-11-15(4-2)12-14(16)13-9-7-6-8-10-13/h13H,3-12H2,1-2H3. The number of unbranched alkanes of at least 4 members (excludes halogenated alkanes) is 1. The topological polar surface area (TPSA) is 20.3 Å². The summed E-state index contributed by atoms with van der Waals surface area (Å²) in [5.41, 5.74) is 0. The van der Waals surface area contributed by atoms with Gasteiger partial charge in [-0.2, -0.15) is 0 Å². The minimum atomic E-state index is 0.379. The molecule has 0 aromatic carbocycles. The number of carbonyl (C=O) groups is 1. The third kappa shape index (κ3) is 4.65. The molecule has 1 fully saturated rings. The highest BCUT2D eigenvalue weighted by atomic mass is 16.1. The number of likely N-dealkylation sites (N-methyl/N-ethyl adjacent to an activating group) is 1. The van der Waals surface area contributed by atoms with Crippen LogP contribution in [0.1, 0.15) is 58.8 Å². The zero-order chi connectivity index (χ0) is 11.8. The predicted octanol–water partition coefficient (Wildman–Crippen LogP) is 3.26. The van der Waals surface area contributed by atoms with Crippen molar-refractivity contribution in [2.24, 2.45) is 5.92 Å². The molecule has 2 heteroatoms. The average Bonchev–Trinajstić information content (AvgIpc) is 2.35. The van der Waals surface area contributed by atoms with Crippen LogP contribution in [0.3, 0.4) is 0 Å². The van der Waals surface area contributed by atoms with Crippen LogP contribution in [-0.4, -0.2) is 30.3 Å². The van der Waals surface area contributed by atoms with E-state index < -0.39 is 0 Å². The second kappa shape index (κ2) is 7.83. The van der Waals surface area contributed by atoms with Gasteiger partial charge in [0.25, 0.3) is 0 Å². The van der Waals surface area contributed by atoms with Crippen LogP contribution in [0.15, 0.2) is 0 Å². The zero-order valence-corrected chi connectivity index (χ0v) is 11.0. The molecule has 1 rings (SSSR count). The van der Waals surface area contributed by atoms with Gasteiger partial charge < -0.3 is 0 Å². The Kier molecular flexibility index (Phi) is 6.70. The van der Waals surface area contributed by atoms with Gasteiger partial charge in [0.1, 0.15) is 5.78 Å². The van der Waals surface area contributed by atoms with Gasteiger partial charge in [-0.15, -0.1) is 0 Å². The van der Waals surface area contributed by atoms with Crippen LogP contribution in [0.2, 0.25) is 0 Å². The summed E-state index contributed by atoms with van der Waals surface area (Å²) in [6.07, 6.45) is 8.57. The third-order valence-corrected chi connectivity index (χ3v) is 3.72. The number of Topliss-reactive ketones (excluding diaryl/α,β-unsaturated/α-hetero) is 1. The van der Waals surface area contributed by atoms with E-state index in [1.807, 2.05) is 0 Å². The average molecular weight is 225 g/mol. The van der Waals surface area contributed by atoms with Gasteiger partial charge in [0.2, 0.25) is 0 Å². The van der Waals surface area contributed by atoms with E-state index >= 15 is 0 Å². The fourth-order valence-electron chi connectivity index (χ4n) is 2.50. The van der Waals surface area contributed by atoms with Crippen molar-refractivity contribution in [1.29, 1.82) is 0 Å². The van der Waals surface area contributed by atoms with Crippen LogP contribution in [0.4, 0.5) is 0 Å². The summed E-state index contributed by atoms with van der Waals surface area (Å²) < 4.78 is 0. The van der Waals surface area contributed by atoms with Crippen LogP contribution in [-0.2, 0) is 4.79 Å². The Morgan fingerprint density at radius 2 is 1.88 bits per heavy atom. The largest absolute Gasteiger partial charge is 0.298 e. The van der Waals surface area contributed by atoms with E-state index in [4.69, 9.17) is 0 Å². The van der Waals surface area contributed by atoms with Crippen molar-refractivity contribution in [2.45, 2.75) is 58.8 Å². The molecule has 2 nitrogen and oxygen atoms in total. The highest BCUT2D eigenvalue weighted by Crippen LogP contribution is 2.24. The molecule has 0 unspecified atom stereocenters. The first-order chi connectivity index (χ1) is 7.77. The summed E-state index contributed by atoms with van der Waals surface area (Å²) in [7, 11) is 0. The van der Waals surface area contributed by atoms with Crippen molar-refractivity contribution in [3.8, 4) is 0 Å². The second-order valence-electron chi connectivity index (χ2n) is 5.02. The number of hydrogen-bond donors (Lipinski definition) is 0. The van der Waals surface area contributed by atoms with Crippen molar-refractivity contribution in [1.82, 2.24) is 4.90 Å². The molecule has 16 heavy (non-hydrogen) atoms. The van der Waals surface area contributed by atoms with Crippen LogP contribution < -0.4 is 0 Å². The van der Waals surface area contributed by atoms with Crippen LogP contribution in [0.5, 0.6) is 0 Å². The number of nitrogens with zero attached hydrogens (tertiary/aromatic N) is 1. The Morgan fingerprint density at radius 3 is 2.44 bits per heavy atom. The normalized spacial score (nSPS) is 17.9. The van der Waals surface area contributed by atoms with Crippen molar-refractivity contribution in [2.75, 3.05) is 19.6 Å². The maximum absolute atomic E-state index is 12.1. The smallest absolute Gasteiger partial charge is 0.149 e. The lowest BCUT2D eigenvalue weighted by atomic mass is 9.86. The fraction of sp³-hybridized carbons (Fsp3) is 0.929. The van der Waals surface area contributed by atoms with E-state index in [2.05, 4.69) is 18.7 Å². The Bertz CT molecular complexity index is 197. The Hall–Kier alpha value is -0.370. The Balaban J connectivity index is 2.29. The zero-order valence-electron chi connectivity index (χ0n) is 11.0. The first kappa shape index (κ1) is 13.7. The molecular formula is C14H27NO. The summed E-state index contributed by atoms with van der Waals surface area (Å²) in [5.74, 6) is 0.877. The first-order valence-corrected chi connectivity index (χ1v) is 7.03. The summed E-state index contributed by atoms with van der Waals surface area (Å²) in [4.78, 5) is 14.4. The van der Waals surface area contributed by atoms with E-state index in [0.717, 1.165) is 25.9 Å². The van der Waals surface area contributed by atoms with E-state index in [1.165, 1.54) is 32.1 Å². The number of carbonyl (C=O) groups excluding carboxylic acids is 1. The lowest BCUT2D eigenvalue weighted by Gasteiger charge is -2.25. The Labute approximate surface area is 100 Å². The van der Waals surface area contributed by atoms with Crippen molar-refractivity contribution in [3.05, 3.63) is 0 Å². The summed E-state index contributed by atoms with van der Waals surface area (Å²) in [6, 6.07) is 0. The lowest BCUT2D eigenvalue weighted by molar-refractivity contribution is -0.124. The molecule has 0 spiro atoms. The summed E-state index contributed by atoms with van der Waals surface area (Å²) in [6.45, 7) is 7.16. The molecule has 1 saturated carbocycles. The second-order valence-corrected chi connectivity index (χ2v) is 5.02. The Morgan fingerprint density at radius 1 is 1.19 bits per heavy atom. The molecule has 1 aliphatic carbocycles. The molecule has 94 valence electrons. The molecule has 0 aliphatic heterocycles. The highest BCUT2D eigenvalue weighted by molar-refractivity contribution is 5.83. The van der Waals surface area contributed by atoms with Crippen molar-refractivity contribution in [3.63, 3.8) is 0 Å². The summed E-state index contributed by atoms with van der Waals surface area (Å²) >= 11 is 0. The van der Waals surface area contributed by atoms with Gasteiger partial charge in [-0.1, -0.05) is 39.5 Å². The monoisotopic (exact) mass is 225 g/mol. The predicted molar refractivity (Wildman–Crippen MR) is 68.6 cm³/mol. The maximum Gasteiger partial charge on any atom is 0.149 e. The molecule has 0 saturated heterocycles. The van der Waals surface area contributed by atoms with E-state index in [-0.39, 0.29) is 0 Å². The van der Waals surface area contributed by atoms with Crippen LogP contribution >= 0.6 is 0 Å². The lowest BCUT2D eigenvalue weighted by Crippen LogP contribution is -2.34. The molecule has 0 radical (unpaired) electrons. The molecule has 0 atom stereocenters. The third-order valence-electron chi connectivity index (χ3n) is 3.72. The number of rotatable bonds is 7. The van der Waals surface area contributed by atoms with Gasteiger partial charge in [0.15, 0.2) is 0 Å². The van der Waals surface area contributed by atoms with E-state index in [9.17, 15) is 4.79 Å². The van der Waals surface area contributed by atoms with Gasteiger partial charge in [0, 0.05) is 5.92 Å². The van der Waals surface area contributed by atoms with Gasteiger partial charge in [-0.25, -0.2) is 0 Å². The summed E-state index contributed by atoms with van der Waals surface area (Å²) in [5, 5.41) is 0. The van der Waals surface area contributed by atoms with Gasteiger partial charge in [0.05, 0.1) is 6.54 Å². The minimum absolute atomic E-state index is 0.379. The van der Waals surface area contributed by atoms with E-state index in [0.29, 0.717) is 18.2 Å². The molecule has 0 amide bonds. The SMILES string of the molecule is CCCCN(CC)CC(=O)C1CCCCC1. The van der Waals surface area contributed by atoms with Gasteiger partial charge >= 0.3 is 0 Å². The molecule has 0 N–H and O–H groups in total. The number of hydrogen-bond acceptors (Lipinski definition) is 2. The first-order valence-electron chi connectivity index (χ1n) is 7.03. The minimum Gasteiger partial charge on any atom is -0.298 e. The highest BCUT2D eigenvalue weighted by Gasteiger charge is 2.22. The van der Waals surface area contributed by atoms with Gasteiger partial charge in [-0.05, 0) is 32.4 Å². The number of ketones is 1. The molecule has 0 aromatic heterocycles. The maximum atomic E-state index is 12.1. The fourth-order valence-corrected chi connectivity index (χ4v) is 2.50.